The standard InChI is InChI=1S/C19H19NO2.C9H11NO.C8H10N2.C8H14.C2H6O/c21-14-12-18-7-4-13-20(18)19(22)17-10-8-16(9-11-17)15-5-2-1-3-6-15;1-3-7(2)8-4-5-9(11)10-6-8;1-6-2-4-7(5-3-6)8(9)10;1-4-6-7-8(3)5-2;1-3-2/h1-3,5-6,8-11,14,18H,4,7,12-13H2;3-6H,1-2H3,(H,10,11);2-5H,1H3,(H3,9,10);5-7H,4H2,1-3H3;1-2H3/b;7-3+;;7-6-,8-5-;/t18-;;;;/m1..../s1. The van der Waals surface area contributed by atoms with E-state index in [1.165, 1.54) is 22.8 Å². The lowest BCUT2D eigenvalue weighted by Crippen LogP contribution is -2.35. The third-order valence-electron chi connectivity index (χ3n) is 8.35. The van der Waals surface area contributed by atoms with E-state index in [-0.39, 0.29) is 23.3 Å². The molecule has 54 heavy (non-hydrogen) atoms. The van der Waals surface area contributed by atoms with Crippen LogP contribution in [-0.4, -0.2) is 54.7 Å². The Bertz CT molecular complexity index is 1800. The number of ether oxygens (including phenoxy) is 1. The molecule has 8 heteroatoms. The number of hydrogen-bond donors (Lipinski definition) is 3. The van der Waals surface area contributed by atoms with Gasteiger partial charge in [0.05, 0.1) is 0 Å². The molecule has 1 fully saturated rings. The van der Waals surface area contributed by atoms with Gasteiger partial charge in [-0.3, -0.25) is 15.0 Å². The molecule has 0 spiro atoms. The van der Waals surface area contributed by atoms with Crippen LogP contribution in [0, 0.1) is 12.3 Å². The Balaban J connectivity index is 0.000000385. The molecular formula is C46H60N4O4. The number of carbonyl (C=O) groups is 2. The van der Waals surface area contributed by atoms with Crippen molar-refractivity contribution in [3.05, 3.63) is 160 Å². The number of pyridine rings is 1. The Morgan fingerprint density at radius 2 is 1.46 bits per heavy atom. The van der Waals surface area contributed by atoms with Gasteiger partial charge in [0.1, 0.15) is 12.1 Å². The molecule has 288 valence electrons. The second-order valence-corrected chi connectivity index (χ2v) is 12.6. The van der Waals surface area contributed by atoms with Crippen molar-refractivity contribution >= 4 is 23.6 Å². The van der Waals surface area contributed by atoms with Gasteiger partial charge in [-0.2, -0.15) is 0 Å². The molecule has 1 aliphatic heterocycles. The summed E-state index contributed by atoms with van der Waals surface area (Å²) in [4.78, 5) is 38.4. The van der Waals surface area contributed by atoms with Crippen LogP contribution in [0.15, 0.2) is 132 Å². The number of methoxy groups -OCH3 is 1. The molecule has 0 saturated carbocycles. The Hall–Kier alpha value is -5.60. The van der Waals surface area contributed by atoms with Gasteiger partial charge in [-0.15, -0.1) is 0 Å². The fourth-order valence-electron chi connectivity index (χ4n) is 5.02. The fraction of sp³-hybridized carbons (Fsp3) is 0.304. The van der Waals surface area contributed by atoms with E-state index in [1.54, 1.807) is 20.4 Å². The summed E-state index contributed by atoms with van der Waals surface area (Å²) < 4.78 is 4.25. The Morgan fingerprint density at radius 1 is 0.889 bits per heavy atom. The molecule has 0 aliphatic carbocycles. The van der Waals surface area contributed by atoms with Crippen LogP contribution in [-0.2, 0) is 9.53 Å². The SMILES string of the molecule is C/C=C(C)\C=C/CC.C/C=C(\C)c1ccc(=O)[nH]c1.COC.Cc1ccc(C(=N)N)cc1.O=CC[C@H]1CCCN1C(=O)c1ccc(-c2ccccc2)cc1. The highest BCUT2D eigenvalue weighted by atomic mass is 16.4. The number of H-pyrrole nitrogens is 1. The van der Waals surface area contributed by atoms with Gasteiger partial charge < -0.3 is 25.1 Å². The molecule has 8 nitrogen and oxygen atoms in total. The predicted molar refractivity (Wildman–Crippen MR) is 227 cm³/mol. The maximum atomic E-state index is 12.6. The normalized spacial score (nSPS) is 13.5. The van der Waals surface area contributed by atoms with Gasteiger partial charge in [-0.05, 0) is 94.3 Å². The molecule has 5 rings (SSSR count). The number of benzene rings is 3. The average Bonchev–Trinajstić information content (AvgIpc) is 3.66. The van der Waals surface area contributed by atoms with Gasteiger partial charge in [-0.25, -0.2) is 0 Å². The molecule has 1 atom stereocenters. The molecular weight excluding hydrogens is 673 g/mol. The molecule has 1 amide bonds. The summed E-state index contributed by atoms with van der Waals surface area (Å²) >= 11 is 0. The number of aldehydes is 1. The molecule has 4 N–H and O–H groups in total. The summed E-state index contributed by atoms with van der Waals surface area (Å²) in [6, 6.07) is 28.8. The third-order valence-corrected chi connectivity index (χ3v) is 8.35. The van der Waals surface area contributed by atoms with Crippen LogP contribution in [0.1, 0.15) is 87.4 Å². The molecule has 1 saturated heterocycles. The minimum atomic E-state index is -0.0577. The number of nitrogens with one attached hydrogen (secondary N) is 2. The van der Waals surface area contributed by atoms with E-state index in [2.05, 4.69) is 60.9 Å². The molecule has 0 bridgehead atoms. The lowest BCUT2D eigenvalue weighted by Gasteiger charge is -2.23. The number of allylic oxidation sites excluding steroid dienone is 6. The Morgan fingerprint density at radius 3 is 1.96 bits per heavy atom. The van der Waals surface area contributed by atoms with Crippen LogP contribution in [0.3, 0.4) is 0 Å². The first-order valence-corrected chi connectivity index (χ1v) is 18.3. The first-order valence-electron chi connectivity index (χ1n) is 18.3. The molecule has 0 radical (unpaired) electrons. The van der Waals surface area contributed by atoms with Crippen LogP contribution in [0.25, 0.3) is 16.7 Å². The highest BCUT2D eigenvalue weighted by molar-refractivity contribution is 5.95. The van der Waals surface area contributed by atoms with Crippen molar-refractivity contribution in [1.29, 1.82) is 5.41 Å². The van der Waals surface area contributed by atoms with Crippen LogP contribution >= 0.6 is 0 Å². The zero-order valence-corrected chi connectivity index (χ0v) is 33.4. The van der Waals surface area contributed by atoms with Gasteiger partial charge in [0.15, 0.2) is 0 Å². The maximum absolute atomic E-state index is 12.6. The molecule has 4 aromatic rings. The number of rotatable bonds is 8. The number of aryl methyl sites for hydroxylation is 1. The second kappa shape index (κ2) is 27.1. The number of amides is 1. The highest BCUT2D eigenvalue weighted by Crippen LogP contribution is 2.24. The van der Waals surface area contributed by atoms with E-state index in [9.17, 15) is 14.4 Å². The number of hydrogen-bond acceptors (Lipinski definition) is 5. The fourth-order valence-corrected chi connectivity index (χ4v) is 5.02. The number of nitrogens with zero attached hydrogens (tertiary/aromatic N) is 1. The summed E-state index contributed by atoms with van der Waals surface area (Å²) in [6.07, 6.45) is 14.5. The average molecular weight is 733 g/mol. The Kier molecular flexibility index (Phi) is 23.3. The van der Waals surface area contributed by atoms with Crippen molar-refractivity contribution in [2.75, 3.05) is 20.8 Å². The van der Waals surface area contributed by atoms with Crippen LogP contribution in [0.5, 0.6) is 0 Å². The van der Waals surface area contributed by atoms with Crippen LogP contribution < -0.4 is 11.3 Å². The van der Waals surface area contributed by atoms with Gasteiger partial charge in [0.2, 0.25) is 5.56 Å². The summed E-state index contributed by atoms with van der Waals surface area (Å²) in [6.45, 7) is 13.0. The molecule has 3 aromatic carbocycles. The number of amidine groups is 1. The van der Waals surface area contributed by atoms with E-state index in [0.29, 0.717) is 12.0 Å². The third kappa shape index (κ3) is 17.8. The monoisotopic (exact) mass is 732 g/mol. The van der Waals surface area contributed by atoms with E-state index in [4.69, 9.17) is 11.1 Å². The molecule has 1 aromatic heterocycles. The summed E-state index contributed by atoms with van der Waals surface area (Å²) in [5.74, 6) is 0.156. The summed E-state index contributed by atoms with van der Waals surface area (Å²) in [7, 11) is 3.25. The quantitative estimate of drug-likeness (QED) is 0.0719. The lowest BCUT2D eigenvalue weighted by molar-refractivity contribution is -0.108. The highest BCUT2D eigenvalue weighted by Gasteiger charge is 2.28. The zero-order chi connectivity index (χ0) is 40.3. The summed E-state index contributed by atoms with van der Waals surface area (Å²) in [5, 5.41) is 7.08. The van der Waals surface area contributed by atoms with Gasteiger partial charge in [-0.1, -0.05) is 109 Å². The van der Waals surface area contributed by atoms with Crippen molar-refractivity contribution in [1.82, 2.24) is 9.88 Å². The minimum absolute atomic E-state index is 0.0314. The molecule has 2 heterocycles. The van der Waals surface area contributed by atoms with Gasteiger partial charge >= 0.3 is 0 Å². The van der Waals surface area contributed by atoms with Crippen molar-refractivity contribution in [3.8, 4) is 11.1 Å². The smallest absolute Gasteiger partial charge is 0.254 e. The molecule has 0 unspecified atom stereocenters. The number of carbonyl (C=O) groups excluding carboxylic acids is 2. The Labute approximate surface area is 323 Å². The van der Waals surface area contributed by atoms with Crippen LogP contribution in [0.4, 0.5) is 0 Å². The number of nitrogen functional groups attached to an aromatic ring is 1. The first kappa shape index (κ1) is 46.4. The second-order valence-electron chi connectivity index (χ2n) is 12.6. The number of likely N-dealkylation sites (tertiary alicyclic amines) is 1. The van der Waals surface area contributed by atoms with Crippen molar-refractivity contribution in [2.45, 2.75) is 73.3 Å². The van der Waals surface area contributed by atoms with Crippen molar-refractivity contribution in [2.24, 2.45) is 5.73 Å². The minimum Gasteiger partial charge on any atom is -0.388 e. The largest absolute Gasteiger partial charge is 0.388 e. The van der Waals surface area contributed by atoms with E-state index in [0.717, 1.165) is 54.3 Å². The molecule has 1 aliphatic rings. The maximum Gasteiger partial charge on any atom is 0.254 e. The topological polar surface area (TPSA) is 129 Å². The van der Waals surface area contributed by atoms with E-state index < -0.39 is 0 Å². The zero-order valence-electron chi connectivity index (χ0n) is 33.4. The summed E-state index contributed by atoms with van der Waals surface area (Å²) in [5.41, 5.74) is 13.7. The van der Waals surface area contributed by atoms with E-state index in [1.807, 2.05) is 105 Å². The number of aromatic nitrogens is 1. The van der Waals surface area contributed by atoms with Gasteiger partial charge in [0, 0.05) is 56.6 Å². The van der Waals surface area contributed by atoms with Gasteiger partial charge in [0.25, 0.3) is 5.91 Å². The van der Waals surface area contributed by atoms with Crippen molar-refractivity contribution in [3.63, 3.8) is 0 Å². The number of aromatic amines is 1. The van der Waals surface area contributed by atoms with E-state index >= 15 is 0 Å². The first-order chi connectivity index (χ1) is 25.9. The van der Waals surface area contributed by atoms with Crippen molar-refractivity contribution < 1.29 is 14.3 Å². The lowest BCUT2D eigenvalue weighted by atomic mass is 10.0. The van der Waals surface area contributed by atoms with Crippen LogP contribution in [0.2, 0.25) is 0 Å². The predicted octanol–water partition coefficient (Wildman–Crippen LogP) is 9.81. The number of nitrogens with two attached hydrogens (primary N) is 1.